The molecule has 0 aliphatic heterocycles. The maximum atomic E-state index is 13.1. The molecule has 1 fully saturated rings. The first-order chi connectivity index (χ1) is 8.16. The molecule has 17 heavy (non-hydrogen) atoms. The lowest BCUT2D eigenvalue weighted by Gasteiger charge is -2.28. The molecular weight excluding hydrogens is 222 g/mol. The van der Waals surface area contributed by atoms with Gasteiger partial charge in [0.15, 0.2) is 0 Å². The number of aromatic nitrogens is 2. The molecule has 0 N–H and O–H groups in total. The van der Waals surface area contributed by atoms with Crippen LogP contribution in [-0.4, -0.2) is 15.7 Å². The second-order valence-corrected chi connectivity index (χ2v) is 4.74. The molecule has 1 heterocycles. The fourth-order valence-corrected chi connectivity index (χ4v) is 2.55. The van der Waals surface area contributed by atoms with Gasteiger partial charge < -0.3 is 0 Å². The summed E-state index contributed by atoms with van der Waals surface area (Å²) in [6, 6.07) is 8.03. The average molecular weight is 236 g/mol. The highest BCUT2D eigenvalue weighted by Crippen LogP contribution is 2.39. The Hall–Kier alpha value is -1.45. The zero-order chi connectivity index (χ0) is 11.9. The summed E-state index contributed by atoms with van der Waals surface area (Å²) < 4.78 is 28.1. The smallest absolute Gasteiger partial charge is 0.248 e. The summed E-state index contributed by atoms with van der Waals surface area (Å²) in [6.45, 7) is 0. The predicted octanol–water partition coefficient (Wildman–Crippen LogP) is 3.79. The first-order valence-corrected chi connectivity index (χ1v) is 5.96. The molecule has 0 unspecified atom stereocenters. The summed E-state index contributed by atoms with van der Waals surface area (Å²) in [5.41, 5.74) is 1.04. The van der Waals surface area contributed by atoms with Crippen molar-refractivity contribution in [1.82, 2.24) is 9.78 Å². The van der Waals surface area contributed by atoms with Crippen molar-refractivity contribution in [2.75, 3.05) is 0 Å². The maximum absolute atomic E-state index is 13.1. The van der Waals surface area contributed by atoms with Gasteiger partial charge in [-0.15, -0.1) is 0 Å². The van der Waals surface area contributed by atoms with Crippen LogP contribution in [0.1, 0.15) is 31.7 Å². The van der Waals surface area contributed by atoms with Crippen molar-refractivity contribution in [3.8, 4) is 0 Å². The number of nitrogens with zero attached hydrogens (tertiary/aromatic N) is 2. The van der Waals surface area contributed by atoms with E-state index in [1.165, 1.54) is 0 Å². The number of alkyl halides is 2. The van der Waals surface area contributed by atoms with Gasteiger partial charge in [0, 0.05) is 18.2 Å². The summed E-state index contributed by atoms with van der Waals surface area (Å²) in [5.74, 6) is -2.47. The van der Waals surface area contributed by atoms with Gasteiger partial charge in [0.05, 0.1) is 17.8 Å². The highest BCUT2D eigenvalue weighted by Gasteiger charge is 2.35. The standard InChI is InChI=1S/C13H14F2N2/c14-13(15)7-5-11(6-8-13)17-12-4-2-1-3-10(12)9-16-17/h1-4,9,11H,5-8H2. The zero-order valence-electron chi connectivity index (χ0n) is 9.44. The topological polar surface area (TPSA) is 17.8 Å². The summed E-state index contributed by atoms with van der Waals surface area (Å²) in [5, 5.41) is 5.41. The number of benzene rings is 1. The third kappa shape index (κ3) is 1.92. The Bertz CT molecular complexity index is 523. The van der Waals surface area contributed by atoms with E-state index in [2.05, 4.69) is 5.10 Å². The van der Waals surface area contributed by atoms with Crippen LogP contribution in [0, 0.1) is 0 Å². The van der Waals surface area contributed by atoms with Crippen LogP contribution in [-0.2, 0) is 0 Å². The van der Waals surface area contributed by atoms with Crippen LogP contribution in [0.15, 0.2) is 30.5 Å². The summed E-state index contributed by atoms with van der Waals surface area (Å²) >= 11 is 0. The largest absolute Gasteiger partial charge is 0.262 e. The van der Waals surface area contributed by atoms with Crippen molar-refractivity contribution >= 4 is 10.9 Å². The molecule has 0 amide bonds. The van der Waals surface area contributed by atoms with E-state index < -0.39 is 5.92 Å². The van der Waals surface area contributed by atoms with E-state index in [4.69, 9.17) is 0 Å². The van der Waals surface area contributed by atoms with Crippen molar-refractivity contribution in [1.29, 1.82) is 0 Å². The van der Waals surface area contributed by atoms with E-state index in [1.807, 2.05) is 35.1 Å². The number of rotatable bonds is 1. The quantitative estimate of drug-likeness (QED) is 0.736. The van der Waals surface area contributed by atoms with Gasteiger partial charge in [-0.25, -0.2) is 8.78 Å². The first-order valence-electron chi connectivity index (χ1n) is 5.96. The molecule has 0 radical (unpaired) electrons. The Labute approximate surface area is 98.2 Å². The summed E-state index contributed by atoms with van der Waals surface area (Å²) in [4.78, 5) is 0. The van der Waals surface area contributed by atoms with Gasteiger partial charge in [-0.1, -0.05) is 18.2 Å². The van der Waals surface area contributed by atoms with E-state index in [0.29, 0.717) is 12.8 Å². The molecule has 1 aliphatic rings. The molecule has 0 spiro atoms. The molecule has 0 saturated heterocycles. The molecule has 2 aromatic rings. The Morgan fingerprint density at radius 1 is 1.18 bits per heavy atom. The minimum atomic E-state index is -2.47. The van der Waals surface area contributed by atoms with Gasteiger partial charge >= 0.3 is 0 Å². The van der Waals surface area contributed by atoms with Crippen molar-refractivity contribution in [2.24, 2.45) is 0 Å². The van der Waals surface area contributed by atoms with Crippen molar-refractivity contribution < 1.29 is 8.78 Å². The molecular formula is C13H14F2N2. The lowest BCUT2D eigenvalue weighted by Crippen LogP contribution is -2.26. The van der Waals surface area contributed by atoms with Crippen LogP contribution in [0.2, 0.25) is 0 Å². The van der Waals surface area contributed by atoms with E-state index in [-0.39, 0.29) is 18.9 Å². The second-order valence-electron chi connectivity index (χ2n) is 4.74. The highest BCUT2D eigenvalue weighted by molar-refractivity contribution is 5.78. The highest BCUT2D eigenvalue weighted by atomic mass is 19.3. The summed E-state index contributed by atoms with van der Waals surface area (Å²) in [6.07, 6.45) is 2.79. The average Bonchev–Trinajstić information content (AvgIpc) is 2.73. The fourth-order valence-electron chi connectivity index (χ4n) is 2.55. The number of para-hydroxylation sites is 1. The van der Waals surface area contributed by atoms with Crippen LogP contribution in [0.4, 0.5) is 8.78 Å². The van der Waals surface area contributed by atoms with Crippen LogP contribution < -0.4 is 0 Å². The molecule has 2 nitrogen and oxygen atoms in total. The zero-order valence-corrected chi connectivity index (χ0v) is 9.44. The molecule has 0 atom stereocenters. The lowest BCUT2D eigenvalue weighted by molar-refractivity contribution is -0.0446. The Balaban J connectivity index is 1.90. The lowest BCUT2D eigenvalue weighted by atomic mass is 9.92. The van der Waals surface area contributed by atoms with Gasteiger partial charge in [0.2, 0.25) is 5.92 Å². The van der Waals surface area contributed by atoms with Gasteiger partial charge in [-0.2, -0.15) is 5.10 Å². The van der Waals surface area contributed by atoms with Crippen molar-refractivity contribution in [2.45, 2.75) is 37.6 Å². The van der Waals surface area contributed by atoms with Gasteiger partial charge in [0.25, 0.3) is 0 Å². The molecule has 1 aromatic heterocycles. The Kier molecular flexibility index (Phi) is 2.38. The molecule has 3 rings (SSSR count). The maximum Gasteiger partial charge on any atom is 0.248 e. The molecule has 1 saturated carbocycles. The van der Waals surface area contributed by atoms with Crippen LogP contribution in [0.3, 0.4) is 0 Å². The van der Waals surface area contributed by atoms with Gasteiger partial charge in [-0.3, -0.25) is 4.68 Å². The minimum Gasteiger partial charge on any atom is -0.262 e. The summed E-state index contributed by atoms with van der Waals surface area (Å²) in [7, 11) is 0. The van der Waals surface area contributed by atoms with Gasteiger partial charge in [0.1, 0.15) is 0 Å². The second kappa shape index (κ2) is 3.79. The van der Waals surface area contributed by atoms with E-state index >= 15 is 0 Å². The first kappa shape index (κ1) is 10.7. The molecule has 1 aromatic carbocycles. The molecule has 90 valence electrons. The van der Waals surface area contributed by atoms with Gasteiger partial charge in [-0.05, 0) is 18.9 Å². The minimum absolute atomic E-state index is 0.0220. The van der Waals surface area contributed by atoms with Crippen molar-refractivity contribution in [3.05, 3.63) is 30.5 Å². The number of hydrogen-bond donors (Lipinski definition) is 0. The van der Waals surface area contributed by atoms with Crippen LogP contribution in [0.25, 0.3) is 10.9 Å². The normalized spacial score (nSPS) is 20.8. The third-order valence-corrected chi connectivity index (χ3v) is 3.54. The third-order valence-electron chi connectivity index (χ3n) is 3.54. The number of halogens is 2. The molecule has 1 aliphatic carbocycles. The fraction of sp³-hybridized carbons (Fsp3) is 0.462. The van der Waals surface area contributed by atoms with Crippen LogP contribution in [0.5, 0.6) is 0 Å². The number of hydrogen-bond acceptors (Lipinski definition) is 1. The molecule has 4 heteroatoms. The SMILES string of the molecule is FC1(F)CCC(n2ncc3ccccc32)CC1. The Morgan fingerprint density at radius 2 is 1.88 bits per heavy atom. The van der Waals surface area contributed by atoms with E-state index in [1.54, 1.807) is 0 Å². The van der Waals surface area contributed by atoms with E-state index in [0.717, 1.165) is 10.9 Å². The monoisotopic (exact) mass is 236 g/mol. The van der Waals surface area contributed by atoms with E-state index in [9.17, 15) is 8.78 Å². The van der Waals surface area contributed by atoms with Crippen LogP contribution >= 0.6 is 0 Å². The Morgan fingerprint density at radius 3 is 2.65 bits per heavy atom. The number of fused-ring (bicyclic) bond motifs is 1. The van der Waals surface area contributed by atoms with Crippen molar-refractivity contribution in [3.63, 3.8) is 0 Å². The predicted molar refractivity (Wildman–Crippen MR) is 62.2 cm³/mol. The molecule has 0 bridgehead atoms.